The van der Waals surface area contributed by atoms with Crippen LogP contribution in [0.5, 0.6) is 0 Å². The summed E-state index contributed by atoms with van der Waals surface area (Å²) < 4.78 is 0. The maximum atomic E-state index is 4.07. The lowest BCUT2D eigenvalue weighted by Crippen LogP contribution is -2.48. The first-order valence-electron chi connectivity index (χ1n) is 4.37. The summed E-state index contributed by atoms with van der Waals surface area (Å²) >= 11 is 0. The van der Waals surface area contributed by atoms with Crippen molar-refractivity contribution in [1.29, 1.82) is 0 Å². The van der Waals surface area contributed by atoms with E-state index in [1.807, 2.05) is 6.20 Å². The van der Waals surface area contributed by atoms with Crippen LogP contribution in [0, 0.1) is 0 Å². The molecule has 0 spiro atoms. The summed E-state index contributed by atoms with van der Waals surface area (Å²) in [4.78, 5) is 2.43. The van der Waals surface area contributed by atoms with Crippen LogP contribution >= 0.6 is 0 Å². The largest absolute Gasteiger partial charge is 0.300 e. The van der Waals surface area contributed by atoms with Gasteiger partial charge < -0.3 is 0 Å². The summed E-state index contributed by atoms with van der Waals surface area (Å²) in [5.74, 6) is 0.603. The number of aromatic amines is 1. The molecule has 1 aliphatic heterocycles. The van der Waals surface area contributed by atoms with E-state index < -0.39 is 0 Å². The van der Waals surface area contributed by atoms with Gasteiger partial charge in [-0.25, -0.2) is 0 Å². The second-order valence-electron chi connectivity index (χ2n) is 3.64. The highest BCUT2D eigenvalue weighted by Crippen LogP contribution is 2.26. The van der Waals surface area contributed by atoms with E-state index in [0.29, 0.717) is 12.0 Å². The number of rotatable bonds is 2. The third-order valence-corrected chi connectivity index (χ3v) is 2.49. The van der Waals surface area contributed by atoms with Gasteiger partial charge in [0.1, 0.15) is 0 Å². The average Bonchev–Trinajstić information content (AvgIpc) is 2.34. The maximum absolute atomic E-state index is 4.07. The smallest absolute Gasteiger partial charge is 0.0881 e. The SMILES string of the molecule is CC(C)N1CC(c2cn[nH]n2)C1. The lowest BCUT2D eigenvalue weighted by atomic mass is 9.95. The lowest BCUT2D eigenvalue weighted by Gasteiger charge is -2.41. The Morgan fingerprint density at radius 1 is 1.58 bits per heavy atom. The van der Waals surface area contributed by atoms with Gasteiger partial charge in [0.05, 0.1) is 11.9 Å². The molecule has 1 saturated heterocycles. The predicted octanol–water partition coefficient (Wildman–Crippen LogP) is 0.612. The first-order chi connectivity index (χ1) is 5.77. The van der Waals surface area contributed by atoms with Crippen molar-refractivity contribution in [2.24, 2.45) is 0 Å². The molecule has 2 heterocycles. The Balaban J connectivity index is 1.90. The van der Waals surface area contributed by atoms with Crippen LogP contribution < -0.4 is 0 Å². The Bertz CT molecular complexity index is 236. The highest BCUT2D eigenvalue weighted by molar-refractivity contribution is 5.08. The van der Waals surface area contributed by atoms with Gasteiger partial charge in [0, 0.05) is 25.0 Å². The Morgan fingerprint density at radius 3 is 2.83 bits per heavy atom. The summed E-state index contributed by atoms with van der Waals surface area (Å²) in [6, 6.07) is 0.660. The minimum atomic E-state index is 0.603. The molecule has 1 aromatic rings. The fourth-order valence-electron chi connectivity index (χ4n) is 1.53. The average molecular weight is 166 g/mol. The number of nitrogens with zero attached hydrogens (tertiary/aromatic N) is 3. The zero-order valence-corrected chi connectivity index (χ0v) is 7.49. The van der Waals surface area contributed by atoms with Gasteiger partial charge >= 0.3 is 0 Å². The van der Waals surface area contributed by atoms with Gasteiger partial charge in [-0.15, -0.1) is 0 Å². The summed E-state index contributed by atoms with van der Waals surface area (Å²) in [6.07, 6.45) is 1.82. The molecule has 2 rings (SSSR count). The topological polar surface area (TPSA) is 44.8 Å². The number of hydrogen-bond acceptors (Lipinski definition) is 3. The van der Waals surface area contributed by atoms with Crippen molar-refractivity contribution in [2.45, 2.75) is 25.8 Å². The van der Waals surface area contributed by atoms with E-state index in [1.54, 1.807) is 0 Å². The van der Waals surface area contributed by atoms with Crippen LogP contribution in [0.15, 0.2) is 6.20 Å². The van der Waals surface area contributed by atoms with Gasteiger partial charge in [-0.3, -0.25) is 4.90 Å². The highest BCUT2D eigenvalue weighted by atomic mass is 15.3. The molecule has 0 amide bonds. The minimum Gasteiger partial charge on any atom is -0.300 e. The summed E-state index contributed by atoms with van der Waals surface area (Å²) in [6.45, 7) is 6.70. The van der Waals surface area contributed by atoms with Crippen LogP contribution in [0.1, 0.15) is 25.5 Å². The Hall–Kier alpha value is -0.900. The molecule has 0 atom stereocenters. The second kappa shape index (κ2) is 2.86. The van der Waals surface area contributed by atoms with Gasteiger partial charge in [-0.2, -0.15) is 15.4 Å². The zero-order valence-electron chi connectivity index (χ0n) is 7.49. The molecule has 1 fully saturated rings. The van der Waals surface area contributed by atoms with Crippen molar-refractivity contribution < 1.29 is 0 Å². The van der Waals surface area contributed by atoms with Gasteiger partial charge in [-0.1, -0.05) is 0 Å². The van der Waals surface area contributed by atoms with E-state index >= 15 is 0 Å². The first-order valence-corrected chi connectivity index (χ1v) is 4.37. The first kappa shape index (κ1) is 7.73. The van der Waals surface area contributed by atoms with Crippen molar-refractivity contribution in [3.05, 3.63) is 11.9 Å². The van der Waals surface area contributed by atoms with Crippen molar-refractivity contribution in [1.82, 2.24) is 20.3 Å². The van der Waals surface area contributed by atoms with E-state index in [-0.39, 0.29) is 0 Å². The maximum Gasteiger partial charge on any atom is 0.0881 e. The van der Waals surface area contributed by atoms with Crippen molar-refractivity contribution >= 4 is 0 Å². The minimum absolute atomic E-state index is 0.603. The molecular weight excluding hydrogens is 152 g/mol. The molecule has 1 N–H and O–H groups in total. The van der Waals surface area contributed by atoms with Crippen molar-refractivity contribution in [3.8, 4) is 0 Å². The Kier molecular flexibility index (Phi) is 1.84. The molecule has 0 unspecified atom stereocenters. The van der Waals surface area contributed by atoms with Crippen molar-refractivity contribution in [2.75, 3.05) is 13.1 Å². The van der Waals surface area contributed by atoms with Gasteiger partial charge in [0.15, 0.2) is 0 Å². The number of aromatic nitrogens is 3. The Labute approximate surface area is 72.0 Å². The van der Waals surface area contributed by atoms with E-state index in [2.05, 4.69) is 34.2 Å². The molecule has 0 radical (unpaired) electrons. The third kappa shape index (κ3) is 1.22. The van der Waals surface area contributed by atoms with Crippen LogP contribution in [0.2, 0.25) is 0 Å². The fraction of sp³-hybridized carbons (Fsp3) is 0.750. The fourth-order valence-corrected chi connectivity index (χ4v) is 1.53. The molecule has 4 nitrogen and oxygen atoms in total. The molecule has 1 aromatic heterocycles. The molecule has 66 valence electrons. The highest BCUT2D eigenvalue weighted by Gasteiger charge is 2.30. The molecule has 0 saturated carbocycles. The number of H-pyrrole nitrogens is 1. The summed E-state index contributed by atoms with van der Waals surface area (Å²) in [5.41, 5.74) is 1.10. The van der Waals surface area contributed by atoms with Gasteiger partial charge in [0.2, 0.25) is 0 Å². The van der Waals surface area contributed by atoms with Crippen LogP contribution in [-0.2, 0) is 0 Å². The molecular formula is C8H14N4. The number of nitrogens with one attached hydrogen (secondary N) is 1. The standard InChI is InChI=1S/C8H14N4/c1-6(2)12-4-7(5-12)8-3-9-11-10-8/h3,6-7H,4-5H2,1-2H3,(H,9,10,11). The van der Waals surface area contributed by atoms with Crippen LogP contribution in [0.3, 0.4) is 0 Å². The zero-order chi connectivity index (χ0) is 8.55. The summed E-state index contributed by atoms with van der Waals surface area (Å²) in [7, 11) is 0. The molecule has 0 aliphatic carbocycles. The molecule has 12 heavy (non-hydrogen) atoms. The normalized spacial score (nSPS) is 19.9. The molecule has 1 aliphatic rings. The number of hydrogen-bond donors (Lipinski definition) is 1. The van der Waals surface area contributed by atoms with Crippen LogP contribution in [0.25, 0.3) is 0 Å². The number of likely N-dealkylation sites (tertiary alicyclic amines) is 1. The predicted molar refractivity (Wildman–Crippen MR) is 45.8 cm³/mol. The van der Waals surface area contributed by atoms with Crippen LogP contribution in [0.4, 0.5) is 0 Å². The third-order valence-electron chi connectivity index (χ3n) is 2.49. The Morgan fingerprint density at radius 2 is 2.33 bits per heavy atom. The van der Waals surface area contributed by atoms with Crippen molar-refractivity contribution in [3.63, 3.8) is 0 Å². The lowest BCUT2D eigenvalue weighted by molar-refractivity contribution is 0.108. The van der Waals surface area contributed by atoms with E-state index in [4.69, 9.17) is 0 Å². The van der Waals surface area contributed by atoms with E-state index in [9.17, 15) is 0 Å². The van der Waals surface area contributed by atoms with E-state index in [0.717, 1.165) is 18.8 Å². The second-order valence-corrected chi connectivity index (χ2v) is 3.64. The van der Waals surface area contributed by atoms with Gasteiger partial charge in [-0.05, 0) is 13.8 Å². The molecule has 0 bridgehead atoms. The summed E-state index contributed by atoms with van der Waals surface area (Å²) in [5, 5.41) is 10.5. The monoisotopic (exact) mass is 166 g/mol. The van der Waals surface area contributed by atoms with E-state index in [1.165, 1.54) is 0 Å². The molecule has 4 heteroatoms. The quantitative estimate of drug-likeness (QED) is 0.700. The van der Waals surface area contributed by atoms with Crippen LogP contribution in [-0.4, -0.2) is 39.4 Å². The van der Waals surface area contributed by atoms with Gasteiger partial charge in [0.25, 0.3) is 0 Å². The molecule has 0 aromatic carbocycles.